The normalized spacial score (nSPS) is 13.5. The number of anilines is 3. The van der Waals surface area contributed by atoms with Crippen LogP contribution >= 0.6 is 160 Å². The van der Waals surface area contributed by atoms with Gasteiger partial charge in [0.1, 0.15) is 46.1 Å². The number of carbonyl (C=O) groups is 2. The number of hydrogen-bond acceptors (Lipinski definition) is 32. The minimum atomic E-state index is -5.08. The molecule has 28 nitrogen and oxygen atoms in total. The molecule has 0 spiro atoms. The summed E-state index contributed by atoms with van der Waals surface area (Å²) in [6.07, 6.45) is 4.30. The van der Waals surface area contributed by atoms with Crippen LogP contribution in [0.4, 0.5) is 48.5 Å². The number of aryl methyl sites for hydroxylation is 6. The molecule has 3 N–H and O–H groups in total. The van der Waals surface area contributed by atoms with Crippen molar-refractivity contribution in [2.45, 2.75) is 145 Å². The van der Waals surface area contributed by atoms with Gasteiger partial charge < -0.3 is 55.1 Å². The minimum absolute atomic E-state index is 0. The summed E-state index contributed by atoms with van der Waals surface area (Å²) in [4.78, 5) is 77.3. The number of carboxylic acid groups (broad SMARTS) is 1. The molecule has 11 aromatic heterocycles. The van der Waals surface area contributed by atoms with Crippen LogP contribution in [0.3, 0.4) is 0 Å². The fourth-order valence-corrected chi connectivity index (χ4v) is 21.3. The Morgan fingerprint density at radius 1 is 0.603 bits per heavy atom. The van der Waals surface area contributed by atoms with Gasteiger partial charge in [-0.25, -0.2) is 72.6 Å². The molecule has 15 heterocycles. The number of benzene rings is 4. The average molecular weight is 2380 g/mol. The van der Waals surface area contributed by atoms with Crippen LogP contribution in [-0.2, 0) is 76.8 Å². The van der Waals surface area contributed by atoms with E-state index in [1.165, 1.54) is 84.8 Å². The molecule has 0 unspecified atom stereocenters. The molecule has 0 bridgehead atoms. The molecule has 743 valence electrons. The number of aliphatic carboxylic acids is 1. The molecule has 1 amide bonds. The molecular formula is C89H85B2Cl6F6IMn2N14NaO14S6. The van der Waals surface area contributed by atoms with Crippen LogP contribution in [0.15, 0.2) is 115 Å². The fourth-order valence-electron chi connectivity index (χ4n) is 13.9. The number of carboxylic acids is 1. The summed E-state index contributed by atoms with van der Waals surface area (Å²) in [5.41, 5.74) is 11.5. The summed E-state index contributed by atoms with van der Waals surface area (Å²) in [6, 6.07) is 23.6. The molecule has 15 aromatic rings. The van der Waals surface area contributed by atoms with Gasteiger partial charge in [0.2, 0.25) is 27.1 Å². The number of amidine groups is 1. The molecule has 141 heavy (non-hydrogen) atoms. The second-order valence-electron chi connectivity index (χ2n) is 31.7. The Morgan fingerprint density at radius 2 is 1.07 bits per heavy atom. The molecule has 2 saturated heterocycles. The number of alkyl halides is 3. The average Bonchev–Trinajstić information content (AvgIpc) is 1.63. The van der Waals surface area contributed by atoms with Gasteiger partial charge in [0.25, 0.3) is 0 Å². The maximum atomic E-state index is 13.9. The van der Waals surface area contributed by atoms with E-state index in [2.05, 4.69) is 109 Å². The van der Waals surface area contributed by atoms with Crippen LogP contribution in [0.1, 0.15) is 114 Å². The van der Waals surface area contributed by atoms with Gasteiger partial charge in [-0.05, 0) is 250 Å². The van der Waals surface area contributed by atoms with Crippen molar-refractivity contribution in [3.05, 3.63) is 202 Å². The number of likely N-dealkylation sites (tertiary alicyclic amines) is 1. The van der Waals surface area contributed by atoms with Crippen molar-refractivity contribution in [2.75, 3.05) is 51.7 Å². The number of hydrogen-bond donors (Lipinski definition) is 3. The Kier molecular flexibility index (Phi) is 44.6. The number of nitrogens with zero attached hydrogens (tertiary/aromatic N) is 12. The van der Waals surface area contributed by atoms with Crippen LogP contribution in [0.2, 0.25) is 26.3 Å². The van der Waals surface area contributed by atoms with Gasteiger partial charge in [-0.15, -0.1) is 68.0 Å². The SMILES string of the molecule is COc1cc(F)ccc1-c1c(C)sc2cnc(Cl)nc12.COc1cc(F)ccc1-c1c(C)sc2cnc(Nc3ccc(C4CCN(C(=O)OC(C)(C)C)CC4)c4c3OCC4)nc12.COc1cc(F)ccc1B1OC(C)(C)C(C)(C)O1.Cc1cc2c(s1)CN=C(Cl)N2.Cc1cc2nc(Cl)nc(Cl)c2s1.Cc1cc2nc(Cl)ncc2s1.Cc1sc2cnc(Cl)nc2c1I.O=C(O)C(F)(F)F.[B].[H-].[Na+].[O]=[Mn]=[O].[O]=[Mn]=[O]. The second-order valence-corrected chi connectivity index (χ2v) is 42.9. The summed E-state index contributed by atoms with van der Waals surface area (Å²) in [6.45, 7) is 28.5. The molecule has 0 saturated carbocycles. The zero-order chi connectivity index (χ0) is 102. The van der Waals surface area contributed by atoms with Crippen LogP contribution in [0, 0.1) is 62.6 Å². The van der Waals surface area contributed by atoms with E-state index in [-0.39, 0.29) is 73.5 Å². The van der Waals surface area contributed by atoms with E-state index in [0.717, 1.165) is 131 Å². The number of rotatable bonds is 9. The Morgan fingerprint density at radius 3 is 1.61 bits per heavy atom. The topological polar surface area (TPSA) is 356 Å². The van der Waals surface area contributed by atoms with Gasteiger partial charge in [0, 0.05) is 132 Å². The number of ether oxygens (including phenoxy) is 5. The van der Waals surface area contributed by atoms with Crippen molar-refractivity contribution >= 4 is 267 Å². The van der Waals surface area contributed by atoms with Crippen molar-refractivity contribution in [3.8, 4) is 45.3 Å². The fraction of sp³-hybridized carbons (Fsp3) is 0.315. The zero-order valence-electron chi connectivity index (χ0n) is 78.8. The molecule has 19 rings (SSSR count). The molecule has 4 aliphatic rings. The summed E-state index contributed by atoms with van der Waals surface area (Å²) < 4.78 is 151. The zero-order valence-corrected chi connectivity index (χ0v) is 93.8. The summed E-state index contributed by atoms with van der Waals surface area (Å²) in [5, 5.41) is 15.5. The number of piperidine rings is 1. The standard InChI is InChI=1S/C32H35FN4O4S.C14H10ClFN2OS.C13H18BFO3.C7H4Cl2N2S.C7H4ClIN2S.C7H7ClN2S.C7H5ClN2S.C2HF3O2.B.2Mn.Na.4O.H/c1-18-27(23-7-6-20(33)16-25(23)39-5)28-26(42-18)17-34-30(36-28)35-24-9-8-21(22-12-15-40-29(22)24)19-10-13-37(14-11-19)31(38)41-32(2,3)4;1-7-12(9-4-3-8(16)5-10(9)19-2)13-11(20-7)6-17-14(15)18-13;1-12(2)13(3,4)18-14(17-12)10-7-6-9(15)8-11(10)16-5;1-3-2-4-5(12-3)6(8)11-7(9)10-4;1-3-5(9)6-4(12-3)2-10-7(8)11-6;2*1-4-2-5-6(11-4)3-9-7(8)10-5;3-2(4,5)1(6)7;;;;;;;;;/h6-9,16-17,19H,10-15H2,1-5H3,(H,34,35,36);3-6H,1-2H3;6-8H,1-5H3;2*2H,1H3;2H,3H2,1H3,(H,9,10);2-3H,1H3;(H,6,7);;;;;;;;;/q;;;;;;;;;;;+1;;;;;-1. The second kappa shape index (κ2) is 53.1. The van der Waals surface area contributed by atoms with E-state index < -0.39 is 65.7 Å². The third kappa shape index (κ3) is 31.9. The quantitative estimate of drug-likeness (QED) is 0.0302. The van der Waals surface area contributed by atoms with Gasteiger partial charge in [0.15, 0.2) is 10.4 Å². The number of carbonyl (C=O) groups excluding carboxylic acids is 1. The van der Waals surface area contributed by atoms with E-state index in [1.54, 1.807) is 112 Å². The van der Waals surface area contributed by atoms with Crippen LogP contribution in [0.25, 0.3) is 73.3 Å². The van der Waals surface area contributed by atoms with Crippen molar-refractivity contribution < 1.29 is 150 Å². The Labute approximate surface area is 911 Å². The van der Waals surface area contributed by atoms with E-state index in [4.69, 9.17) is 133 Å². The van der Waals surface area contributed by atoms with Gasteiger partial charge in [-0.1, -0.05) is 23.7 Å². The molecule has 4 aromatic carbocycles. The molecule has 0 aliphatic carbocycles. The summed E-state index contributed by atoms with van der Waals surface area (Å²) in [5.74, 6) is -0.763. The molecular weight excluding hydrogens is 2290 g/mol. The summed E-state index contributed by atoms with van der Waals surface area (Å²) >= 11 is 43.6. The number of halogens is 13. The molecule has 52 heteroatoms. The predicted octanol–water partition coefficient (Wildman–Crippen LogP) is 22.9. The molecule has 3 radical (unpaired) electrons. The first-order valence-corrected chi connectivity index (χ1v) is 51.1. The van der Waals surface area contributed by atoms with Gasteiger partial charge in [-0.3, -0.25) is 4.99 Å². The Balaban J connectivity index is 0.000000233. The number of methoxy groups -OCH3 is 3. The van der Waals surface area contributed by atoms with E-state index >= 15 is 0 Å². The van der Waals surface area contributed by atoms with E-state index in [9.17, 15) is 31.1 Å². The maximum absolute atomic E-state index is 13.9. The summed E-state index contributed by atoms with van der Waals surface area (Å²) in [7, 11) is 4.03. The van der Waals surface area contributed by atoms with E-state index in [1.807, 2.05) is 105 Å². The number of thiophene rings is 6. The third-order valence-electron chi connectivity index (χ3n) is 20.6. The van der Waals surface area contributed by atoms with Crippen molar-refractivity contribution in [1.29, 1.82) is 0 Å². The number of nitrogens with one attached hydrogen (secondary N) is 2. The Bertz CT molecular complexity index is 7090. The van der Waals surface area contributed by atoms with E-state index in [0.29, 0.717) is 75.3 Å². The van der Waals surface area contributed by atoms with Crippen molar-refractivity contribution in [2.24, 2.45) is 4.99 Å². The van der Waals surface area contributed by atoms with Crippen molar-refractivity contribution in [3.63, 3.8) is 0 Å². The van der Waals surface area contributed by atoms with Gasteiger partial charge >= 0.3 is 99.9 Å². The van der Waals surface area contributed by atoms with Gasteiger partial charge in [-0.2, -0.15) is 13.2 Å². The predicted molar refractivity (Wildman–Crippen MR) is 543 cm³/mol. The third-order valence-corrected chi connectivity index (χ3v) is 29.7. The first kappa shape index (κ1) is 119. The number of aromatic nitrogens is 10. The molecule has 2 fully saturated rings. The van der Waals surface area contributed by atoms with Crippen LogP contribution in [-0.4, -0.2) is 157 Å². The molecule has 0 atom stereocenters. The molecule has 4 aliphatic heterocycles. The number of aliphatic imine (C=N–C) groups is 1. The van der Waals surface area contributed by atoms with Crippen LogP contribution < -0.4 is 64.6 Å². The van der Waals surface area contributed by atoms with Crippen molar-refractivity contribution in [1.82, 2.24) is 54.7 Å². The number of fused-ring (bicyclic) bond motifs is 7. The van der Waals surface area contributed by atoms with Gasteiger partial charge in [0.05, 0.1) is 118 Å². The first-order chi connectivity index (χ1) is 65.6. The monoisotopic (exact) mass is 2370 g/mol. The van der Waals surface area contributed by atoms with Crippen LogP contribution in [0.5, 0.6) is 23.0 Å². The Hall–Kier alpha value is -7.67. The first-order valence-electron chi connectivity index (χ1n) is 40.9. The number of amides is 1.